The van der Waals surface area contributed by atoms with Gasteiger partial charge in [-0.1, -0.05) is 45.4 Å². The Morgan fingerprint density at radius 2 is 2.03 bits per heavy atom. The van der Waals surface area contributed by atoms with Gasteiger partial charge in [-0.3, -0.25) is 15.0 Å². The van der Waals surface area contributed by atoms with Crippen LogP contribution in [0.15, 0.2) is 45.8 Å². The molecular weight excluding hydrogens is 540 g/mol. The van der Waals surface area contributed by atoms with Gasteiger partial charge in [0.05, 0.1) is 22.6 Å². The van der Waals surface area contributed by atoms with E-state index < -0.39 is 17.8 Å². The number of nitrogens with one attached hydrogen (secondary N) is 1. The van der Waals surface area contributed by atoms with Crippen molar-refractivity contribution >= 4 is 79.7 Å². The Balaban J connectivity index is 1.82. The number of hydrazine groups is 1. The molecule has 0 radical (unpaired) electrons. The van der Waals surface area contributed by atoms with Crippen LogP contribution in [0.2, 0.25) is 5.02 Å². The number of amides is 2. The first-order valence-electron chi connectivity index (χ1n) is 9.04. The number of carbonyl (C=O) groups excluding carboxylic acids is 3. The molecule has 7 nitrogen and oxygen atoms in total. The predicted octanol–water partition coefficient (Wildman–Crippen LogP) is 4.51. The summed E-state index contributed by atoms with van der Waals surface area (Å²) in [6.07, 6.45) is 1.57. The summed E-state index contributed by atoms with van der Waals surface area (Å²) in [5.41, 5.74) is 4.16. The van der Waals surface area contributed by atoms with Crippen LogP contribution < -0.4 is 10.2 Å². The van der Waals surface area contributed by atoms with Gasteiger partial charge in [-0.05, 0) is 61.1 Å². The number of methoxy groups -OCH3 is 1. The van der Waals surface area contributed by atoms with Crippen LogP contribution in [-0.4, -0.2) is 40.8 Å². The Bertz CT molecular complexity index is 1160. The largest absolute Gasteiger partial charge is 0.481 e. The molecule has 0 aromatic heterocycles. The number of thioether (sulfide) groups is 1. The maximum Gasteiger partial charge on any atom is 0.343 e. The molecule has 2 aromatic carbocycles. The molecule has 166 valence electrons. The average molecular weight is 556 g/mol. The van der Waals surface area contributed by atoms with E-state index in [2.05, 4.69) is 26.1 Å². The van der Waals surface area contributed by atoms with Crippen molar-refractivity contribution in [1.29, 1.82) is 0 Å². The molecule has 11 heteroatoms. The molecular formula is C21H16BrClN2O5S2. The molecule has 0 bridgehead atoms. The summed E-state index contributed by atoms with van der Waals surface area (Å²) < 4.78 is 11.0. The molecule has 32 heavy (non-hydrogen) atoms. The quantitative estimate of drug-likeness (QED) is 0.319. The van der Waals surface area contributed by atoms with Crippen molar-refractivity contribution in [2.75, 3.05) is 13.7 Å². The smallest absolute Gasteiger partial charge is 0.343 e. The number of aryl methyl sites for hydroxylation is 1. The highest BCUT2D eigenvalue weighted by Crippen LogP contribution is 2.34. The Hall–Kier alpha value is -2.40. The molecule has 0 aliphatic carbocycles. The van der Waals surface area contributed by atoms with Crippen LogP contribution in [0, 0.1) is 6.92 Å². The normalized spacial score (nSPS) is 14.6. The van der Waals surface area contributed by atoms with E-state index in [4.69, 9.17) is 28.6 Å². The highest BCUT2D eigenvalue weighted by molar-refractivity contribution is 9.10. The van der Waals surface area contributed by atoms with Gasteiger partial charge in [-0.25, -0.2) is 4.79 Å². The van der Waals surface area contributed by atoms with E-state index in [0.717, 1.165) is 26.8 Å². The van der Waals surface area contributed by atoms with Crippen LogP contribution in [0.25, 0.3) is 6.08 Å². The Morgan fingerprint density at radius 1 is 1.28 bits per heavy atom. The minimum atomic E-state index is -0.558. The van der Waals surface area contributed by atoms with Gasteiger partial charge in [0.15, 0.2) is 10.9 Å². The molecule has 1 heterocycles. The maximum absolute atomic E-state index is 12.9. The van der Waals surface area contributed by atoms with Crippen molar-refractivity contribution < 1.29 is 23.9 Å². The summed E-state index contributed by atoms with van der Waals surface area (Å²) in [5.74, 6) is -1.23. The third-order valence-corrected chi connectivity index (χ3v) is 6.32. The lowest BCUT2D eigenvalue weighted by Crippen LogP contribution is -2.44. The summed E-state index contributed by atoms with van der Waals surface area (Å²) in [4.78, 5) is 37.2. The van der Waals surface area contributed by atoms with Gasteiger partial charge >= 0.3 is 5.97 Å². The number of rotatable bonds is 6. The minimum absolute atomic E-state index is 0.157. The highest BCUT2D eigenvalue weighted by Gasteiger charge is 2.34. The number of thiocarbonyl (C=S) groups is 1. The Labute approximate surface area is 207 Å². The number of ether oxygens (including phenoxy) is 2. The zero-order valence-electron chi connectivity index (χ0n) is 16.8. The molecule has 2 aromatic rings. The fraction of sp³-hybridized carbons (Fsp3) is 0.143. The van der Waals surface area contributed by atoms with Crippen LogP contribution in [0.5, 0.6) is 5.75 Å². The van der Waals surface area contributed by atoms with E-state index in [1.165, 1.54) is 7.11 Å². The molecule has 2 amide bonds. The third kappa shape index (κ3) is 5.69. The fourth-order valence-corrected chi connectivity index (χ4v) is 4.50. The van der Waals surface area contributed by atoms with Crippen LogP contribution in [0.4, 0.5) is 0 Å². The summed E-state index contributed by atoms with van der Waals surface area (Å²) in [6, 6.07) is 10.1. The predicted molar refractivity (Wildman–Crippen MR) is 130 cm³/mol. The molecule has 1 aliphatic heterocycles. The second-order valence-electron chi connectivity index (χ2n) is 6.49. The van der Waals surface area contributed by atoms with Crippen molar-refractivity contribution in [2.24, 2.45) is 0 Å². The maximum atomic E-state index is 12.9. The SMILES string of the molecule is COC(=O)COc1ccc(Br)cc1/C=C1/SC(=S)N(NC(=O)c2ccc(C)cc2Cl)C1=O. The van der Waals surface area contributed by atoms with Gasteiger partial charge in [0, 0.05) is 10.0 Å². The van der Waals surface area contributed by atoms with Gasteiger partial charge in [-0.15, -0.1) is 0 Å². The molecule has 1 N–H and O–H groups in total. The number of esters is 1. The van der Waals surface area contributed by atoms with Crippen molar-refractivity contribution in [3.8, 4) is 5.75 Å². The summed E-state index contributed by atoms with van der Waals surface area (Å²) in [5, 5.41) is 1.27. The van der Waals surface area contributed by atoms with E-state index in [1.807, 2.05) is 6.92 Å². The summed E-state index contributed by atoms with van der Waals surface area (Å²) >= 11 is 15.8. The molecule has 0 atom stereocenters. The first-order valence-corrected chi connectivity index (χ1v) is 11.4. The number of nitrogens with zero attached hydrogens (tertiary/aromatic N) is 1. The highest BCUT2D eigenvalue weighted by atomic mass is 79.9. The number of hydrogen-bond acceptors (Lipinski definition) is 7. The van der Waals surface area contributed by atoms with E-state index in [9.17, 15) is 14.4 Å². The molecule has 0 spiro atoms. The molecule has 1 fully saturated rings. The van der Waals surface area contributed by atoms with Gasteiger partial charge < -0.3 is 9.47 Å². The van der Waals surface area contributed by atoms with Crippen molar-refractivity contribution in [3.05, 3.63) is 67.5 Å². The van der Waals surface area contributed by atoms with E-state index >= 15 is 0 Å². The fourth-order valence-electron chi connectivity index (χ4n) is 2.63. The summed E-state index contributed by atoms with van der Waals surface area (Å²) in [7, 11) is 1.26. The summed E-state index contributed by atoms with van der Waals surface area (Å²) in [6.45, 7) is 1.57. The lowest BCUT2D eigenvalue weighted by Gasteiger charge is -2.16. The van der Waals surface area contributed by atoms with E-state index in [0.29, 0.717) is 11.3 Å². The van der Waals surface area contributed by atoms with Crippen molar-refractivity contribution in [1.82, 2.24) is 10.4 Å². The Morgan fingerprint density at radius 3 is 2.72 bits per heavy atom. The van der Waals surface area contributed by atoms with Gasteiger partial charge in [0.2, 0.25) is 0 Å². The van der Waals surface area contributed by atoms with Gasteiger partial charge in [0.1, 0.15) is 5.75 Å². The lowest BCUT2D eigenvalue weighted by atomic mass is 10.1. The standard InChI is InChI=1S/C21H16BrClN2O5S2/c1-11-3-5-14(15(23)7-11)19(27)24-25-20(28)17(32-21(25)31)9-12-8-13(22)4-6-16(12)30-10-18(26)29-2/h3-9H,10H2,1-2H3,(H,24,27)/b17-9+. The number of benzene rings is 2. The van der Waals surface area contributed by atoms with E-state index in [-0.39, 0.29) is 26.4 Å². The zero-order valence-corrected chi connectivity index (χ0v) is 20.8. The minimum Gasteiger partial charge on any atom is -0.481 e. The number of carbonyl (C=O) groups is 3. The molecule has 0 saturated carbocycles. The number of hydrogen-bond donors (Lipinski definition) is 1. The number of halogens is 2. The zero-order chi connectivity index (χ0) is 23.4. The molecule has 1 saturated heterocycles. The molecule has 1 aliphatic rings. The van der Waals surface area contributed by atoms with Crippen molar-refractivity contribution in [2.45, 2.75) is 6.92 Å². The van der Waals surface area contributed by atoms with Crippen LogP contribution in [-0.2, 0) is 14.3 Å². The lowest BCUT2D eigenvalue weighted by molar-refractivity contribution is -0.142. The first kappa shape index (κ1) is 24.2. The molecule has 0 unspecified atom stereocenters. The van der Waals surface area contributed by atoms with Crippen LogP contribution >= 0.6 is 51.5 Å². The van der Waals surface area contributed by atoms with Crippen molar-refractivity contribution in [3.63, 3.8) is 0 Å². The van der Waals surface area contributed by atoms with E-state index in [1.54, 1.807) is 42.5 Å². The second kappa shape index (κ2) is 10.5. The first-order chi connectivity index (χ1) is 15.2. The Kier molecular flexibility index (Phi) is 7.94. The molecule has 3 rings (SSSR count). The topological polar surface area (TPSA) is 84.9 Å². The van der Waals surface area contributed by atoms with Crippen LogP contribution in [0.3, 0.4) is 0 Å². The monoisotopic (exact) mass is 554 g/mol. The van der Waals surface area contributed by atoms with Gasteiger partial charge in [0.25, 0.3) is 11.8 Å². The third-order valence-electron chi connectivity index (χ3n) is 4.21. The second-order valence-corrected chi connectivity index (χ2v) is 9.49. The average Bonchev–Trinajstić information content (AvgIpc) is 3.00. The van der Waals surface area contributed by atoms with Crippen LogP contribution in [0.1, 0.15) is 21.5 Å². The van der Waals surface area contributed by atoms with Gasteiger partial charge in [-0.2, -0.15) is 5.01 Å².